The molecule has 0 aromatic heterocycles. The van der Waals surface area contributed by atoms with Crippen molar-refractivity contribution in [2.75, 3.05) is 19.6 Å². The van der Waals surface area contributed by atoms with Crippen LogP contribution < -0.4 is 5.32 Å². The highest BCUT2D eigenvalue weighted by atomic mass is 16.5. The number of amides is 1. The van der Waals surface area contributed by atoms with Crippen molar-refractivity contribution in [1.29, 1.82) is 0 Å². The van der Waals surface area contributed by atoms with E-state index in [0.29, 0.717) is 24.5 Å². The van der Waals surface area contributed by atoms with Gasteiger partial charge in [0.05, 0.1) is 18.6 Å². The number of hydrogen-bond donors (Lipinski definition) is 1. The highest BCUT2D eigenvalue weighted by Gasteiger charge is 2.43. The first-order valence-corrected chi connectivity index (χ1v) is 8.43. The van der Waals surface area contributed by atoms with Gasteiger partial charge >= 0.3 is 0 Å². The van der Waals surface area contributed by atoms with Crippen LogP contribution in [-0.4, -0.2) is 48.7 Å². The zero-order chi connectivity index (χ0) is 13.5. The van der Waals surface area contributed by atoms with Crippen LogP contribution in [0, 0.1) is 11.8 Å². The largest absolute Gasteiger partial charge is 0.373 e. The van der Waals surface area contributed by atoms with Gasteiger partial charge in [-0.3, -0.25) is 4.79 Å². The predicted octanol–water partition coefficient (Wildman–Crippen LogP) is 1.54. The quantitative estimate of drug-likeness (QED) is 0.829. The first-order chi connectivity index (χ1) is 9.76. The molecule has 0 radical (unpaired) electrons. The topological polar surface area (TPSA) is 41.6 Å². The van der Waals surface area contributed by atoms with Crippen molar-refractivity contribution in [1.82, 2.24) is 10.2 Å². The summed E-state index contributed by atoms with van der Waals surface area (Å²) in [6.07, 6.45) is 8.69. The fraction of sp³-hybridized carbons (Fsp3) is 0.938. The molecule has 4 nitrogen and oxygen atoms in total. The van der Waals surface area contributed by atoms with Gasteiger partial charge in [0.1, 0.15) is 0 Å². The molecule has 0 aromatic carbocycles. The van der Waals surface area contributed by atoms with Crippen molar-refractivity contribution < 1.29 is 9.53 Å². The summed E-state index contributed by atoms with van der Waals surface area (Å²) in [6, 6.07) is 0.456. The Bertz CT molecular complexity index is 365. The standard InChI is InChI=1S/C16H26N2O2/c19-16(17-13-2-1-3-13)7-14-6-12-9-18(8-11-4-5-11)10-15(12)20-14/h11-15H,1-10H2,(H,17,19)/t12-,14+,15+/m1/s1. The number of likely N-dealkylation sites (tertiary alicyclic amines) is 1. The minimum atomic E-state index is 0.174. The lowest BCUT2D eigenvalue weighted by Crippen LogP contribution is -2.40. The Kier molecular flexibility index (Phi) is 3.47. The number of hydrogen-bond acceptors (Lipinski definition) is 3. The number of ether oxygens (including phenoxy) is 1. The predicted molar refractivity (Wildman–Crippen MR) is 76.3 cm³/mol. The van der Waals surface area contributed by atoms with Crippen molar-refractivity contribution in [3.63, 3.8) is 0 Å². The average Bonchev–Trinajstić information content (AvgIpc) is 2.96. The lowest BCUT2D eigenvalue weighted by molar-refractivity contribution is -0.125. The molecule has 1 amide bonds. The van der Waals surface area contributed by atoms with E-state index >= 15 is 0 Å². The van der Waals surface area contributed by atoms with Gasteiger partial charge in [-0.15, -0.1) is 0 Å². The summed E-state index contributed by atoms with van der Waals surface area (Å²) in [5.41, 5.74) is 0. The Labute approximate surface area is 121 Å². The van der Waals surface area contributed by atoms with E-state index in [1.165, 1.54) is 45.2 Å². The van der Waals surface area contributed by atoms with E-state index in [2.05, 4.69) is 10.2 Å². The van der Waals surface area contributed by atoms with E-state index in [-0.39, 0.29) is 12.0 Å². The number of carbonyl (C=O) groups excluding carboxylic acids is 1. The molecule has 4 rings (SSSR count). The molecule has 4 aliphatic rings. The van der Waals surface area contributed by atoms with Crippen molar-refractivity contribution in [2.45, 2.75) is 63.2 Å². The van der Waals surface area contributed by atoms with Gasteiger partial charge in [0.25, 0.3) is 0 Å². The van der Waals surface area contributed by atoms with Crippen LogP contribution in [0.1, 0.15) is 44.9 Å². The van der Waals surface area contributed by atoms with Gasteiger partial charge in [-0.1, -0.05) is 0 Å². The SMILES string of the molecule is O=C(C[C@@H]1C[C@@H]2CN(CC3CC3)C[C@@H]2O1)NC1CCC1. The molecule has 0 unspecified atom stereocenters. The minimum absolute atomic E-state index is 0.174. The summed E-state index contributed by atoms with van der Waals surface area (Å²) in [5, 5.41) is 3.12. The highest BCUT2D eigenvalue weighted by Crippen LogP contribution is 2.37. The lowest BCUT2D eigenvalue weighted by Gasteiger charge is -2.27. The van der Waals surface area contributed by atoms with Crippen LogP contribution in [0.4, 0.5) is 0 Å². The second-order valence-electron chi connectivity index (χ2n) is 7.35. The Morgan fingerprint density at radius 2 is 2.05 bits per heavy atom. The highest BCUT2D eigenvalue weighted by molar-refractivity contribution is 5.76. The first-order valence-electron chi connectivity index (χ1n) is 8.43. The second kappa shape index (κ2) is 5.30. The molecule has 2 saturated carbocycles. The Morgan fingerprint density at radius 1 is 1.20 bits per heavy atom. The Balaban J connectivity index is 1.20. The van der Waals surface area contributed by atoms with E-state index in [1.54, 1.807) is 0 Å². The minimum Gasteiger partial charge on any atom is -0.373 e. The summed E-state index contributed by atoms with van der Waals surface area (Å²) in [4.78, 5) is 14.5. The third-order valence-corrected chi connectivity index (χ3v) is 5.49. The van der Waals surface area contributed by atoms with E-state index in [0.717, 1.165) is 18.9 Å². The van der Waals surface area contributed by atoms with Gasteiger partial charge in [0.15, 0.2) is 0 Å². The maximum Gasteiger partial charge on any atom is 0.222 e. The number of carbonyl (C=O) groups is 1. The van der Waals surface area contributed by atoms with Crippen molar-refractivity contribution in [3.8, 4) is 0 Å². The molecule has 3 atom stereocenters. The summed E-state index contributed by atoms with van der Waals surface area (Å²) in [5.74, 6) is 1.85. The maximum atomic E-state index is 11.9. The molecule has 1 N–H and O–H groups in total. The van der Waals surface area contributed by atoms with Gasteiger partial charge in [-0.2, -0.15) is 0 Å². The molecule has 112 valence electrons. The number of nitrogens with zero attached hydrogens (tertiary/aromatic N) is 1. The molecule has 0 spiro atoms. The van der Waals surface area contributed by atoms with Gasteiger partial charge in [0, 0.05) is 31.6 Å². The van der Waals surface area contributed by atoms with Crippen LogP contribution in [0.25, 0.3) is 0 Å². The van der Waals surface area contributed by atoms with E-state index in [1.807, 2.05) is 0 Å². The number of rotatable bonds is 5. The van der Waals surface area contributed by atoms with Crippen molar-refractivity contribution in [3.05, 3.63) is 0 Å². The van der Waals surface area contributed by atoms with E-state index < -0.39 is 0 Å². The van der Waals surface area contributed by atoms with Crippen LogP contribution >= 0.6 is 0 Å². The normalized spacial score (nSPS) is 37.7. The third kappa shape index (κ3) is 2.86. The molecule has 2 heterocycles. The van der Waals surface area contributed by atoms with E-state index in [9.17, 15) is 4.79 Å². The van der Waals surface area contributed by atoms with Gasteiger partial charge in [-0.05, 0) is 44.4 Å². The van der Waals surface area contributed by atoms with Gasteiger partial charge in [-0.25, -0.2) is 0 Å². The molecule has 2 aliphatic heterocycles. The first kappa shape index (κ1) is 13.1. The Hall–Kier alpha value is -0.610. The molecule has 4 heteroatoms. The number of fused-ring (bicyclic) bond motifs is 1. The molecule has 20 heavy (non-hydrogen) atoms. The van der Waals surface area contributed by atoms with Crippen LogP contribution in [0.3, 0.4) is 0 Å². The number of nitrogens with one attached hydrogen (secondary N) is 1. The lowest BCUT2D eigenvalue weighted by atomic mass is 9.93. The maximum absolute atomic E-state index is 11.9. The summed E-state index contributed by atoms with van der Waals surface area (Å²) < 4.78 is 6.12. The van der Waals surface area contributed by atoms with Crippen molar-refractivity contribution in [2.24, 2.45) is 11.8 Å². The van der Waals surface area contributed by atoms with E-state index in [4.69, 9.17) is 4.74 Å². The summed E-state index contributed by atoms with van der Waals surface area (Å²) in [6.45, 7) is 3.58. The van der Waals surface area contributed by atoms with Crippen LogP contribution in [0.15, 0.2) is 0 Å². The Morgan fingerprint density at radius 3 is 2.70 bits per heavy atom. The zero-order valence-corrected chi connectivity index (χ0v) is 12.2. The second-order valence-corrected chi connectivity index (χ2v) is 7.35. The third-order valence-electron chi connectivity index (χ3n) is 5.49. The molecule has 2 saturated heterocycles. The zero-order valence-electron chi connectivity index (χ0n) is 12.2. The molecule has 0 aromatic rings. The van der Waals surface area contributed by atoms with Gasteiger partial charge < -0.3 is 15.0 Å². The molecule has 2 aliphatic carbocycles. The summed E-state index contributed by atoms with van der Waals surface area (Å²) in [7, 11) is 0. The molecule has 4 fully saturated rings. The monoisotopic (exact) mass is 278 g/mol. The van der Waals surface area contributed by atoms with Crippen LogP contribution in [0.5, 0.6) is 0 Å². The molecular formula is C16H26N2O2. The van der Waals surface area contributed by atoms with Crippen molar-refractivity contribution >= 4 is 5.91 Å². The smallest absolute Gasteiger partial charge is 0.222 e. The molecule has 0 bridgehead atoms. The summed E-state index contributed by atoms with van der Waals surface area (Å²) >= 11 is 0. The van der Waals surface area contributed by atoms with Crippen LogP contribution in [-0.2, 0) is 9.53 Å². The average molecular weight is 278 g/mol. The fourth-order valence-electron chi connectivity index (χ4n) is 3.94. The van der Waals surface area contributed by atoms with Crippen LogP contribution in [0.2, 0.25) is 0 Å². The molecular weight excluding hydrogens is 252 g/mol. The fourth-order valence-corrected chi connectivity index (χ4v) is 3.94. The van der Waals surface area contributed by atoms with Gasteiger partial charge in [0.2, 0.25) is 5.91 Å².